The van der Waals surface area contributed by atoms with E-state index < -0.39 is 0 Å². The van der Waals surface area contributed by atoms with Crippen molar-refractivity contribution in [2.75, 3.05) is 21.3 Å². The van der Waals surface area contributed by atoms with E-state index in [0.29, 0.717) is 89.2 Å². The molecule has 12 heteroatoms. The number of H-pyrrole nitrogens is 4. The van der Waals surface area contributed by atoms with Crippen LogP contribution in [0.4, 0.5) is 22.7 Å². The number of fused-ring (bicyclic) bond motifs is 8. The molecule has 12 nitrogen and oxygen atoms in total. The maximum Gasteiger partial charge on any atom is 0.255 e. The van der Waals surface area contributed by atoms with Gasteiger partial charge in [-0.1, -0.05) is 146 Å². The van der Waals surface area contributed by atoms with E-state index in [9.17, 15) is 19.2 Å². The minimum absolute atomic E-state index is 0.270. The van der Waals surface area contributed by atoms with Crippen LogP contribution >= 0.6 is 0 Å². The molecular weight excluding hydrogens is 1040 g/mol. The lowest BCUT2D eigenvalue weighted by Crippen LogP contribution is -2.21. The summed E-state index contributed by atoms with van der Waals surface area (Å²) in [6, 6.07) is 83.5. The molecule has 13 rings (SSSR count). The zero-order chi connectivity index (χ0) is 56.9. The lowest BCUT2D eigenvalue weighted by atomic mass is 10.00. The van der Waals surface area contributed by atoms with Crippen LogP contribution in [0.1, 0.15) is 86.5 Å². The Morgan fingerprint density at radius 3 is 0.643 bits per heavy atom. The summed E-state index contributed by atoms with van der Waals surface area (Å²) in [4.78, 5) is 71.6. The molecule has 84 heavy (non-hydrogen) atoms. The average Bonchev–Trinajstić information content (AvgIpc) is 3.33. The number of hydrogen-bond donors (Lipinski definition) is 8. The predicted octanol–water partition coefficient (Wildman–Crippen LogP) is 11.3. The molecule has 0 saturated heterocycles. The Morgan fingerprint density at radius 1 is 0.214 bits per heavy atom. The van der Waals surface area contributed by atoms with Crippen molar-refractivity contribution in [2.24, 2.45) is 0 Å². The first-order valence-corrected chi connectivity index (χ1v) is 27.4. The molecule has 1 aliphatic heterocycles. The van der Waals surface area contributed by atoms with Crippen LogP contribution in [0.5, 0.6) is 0 Å². The van der Waals surface area contributed by atoms with Gasteiger partial charge in [0, 0.05) is 134 Å². The van der Waals surface area contributed by atoms with Gasteiger partial charge < -0.3 is 41.2 Å². The van der Waals surface area contributed by atoms with Crippen LogP contribution in [-0.4, -0.2) is 43.6 Å². The molecule has 5 heterocycles. The Kier molecular flexibility index (Phi) is 14.0. The standard InChI is InChI=1S/C72H52N8O4/c81-69(45-21-5-1-6-22-45)77-53-33-17-13-29-49(53)65-57-37-39-59(73-57)66(50-30-14-18-34-54(50)78-70(82)46-23-7-2-8-24-46)61-41-43-63(75-61)68(52-32-16-20-36-56(52)80-72(84)48-27-11-4-12-28-48)64-44-42-62(76-64)67(60-40-38-58(65)74-60)51-31-15-19-35-55(51)79-71(83)47-25-9-3-10-26-47/h1-44,73-76H,(H,77,81)(H,78,82)(H,79,83)(H,80,84). The third kappa shape index (κ3) is 10.4. The van der Waals surface area contributed by atoms with Gasteiger partial charge in [-0.2, -0.15) is 0 Å². The quantitative estimate of drug-likeness (QED) is 0.0607. The lowest BCUT2D eigenvalue weighted by Gasteiger charge is -2.16. The largest absolute Gasteiger partial charge is 0.354 e. The number of aromatic amines is 4. The van der Waals surface area contributed by atoms with E-state index in [2.05, 4.69) is 41.2 Å². The zero-order valence-electron chi connectivity index (χ0n) is 45.0. The lowest BCUT2D eigenvalue weighted by molar-refractivity contribution is 0.101. The Hall–Kier alpha value is -11.8. The van der Waals surface area contributed by atoms with Crippen molar-refractivity contribution in [3.63, 3.8) is 0 Å². The molecule has 4 aromatic heterocycles. The maximum atomic E-state index is 14.1. The summed E-state index contributed by atoms with van der Waals surface area (Å²) in [5.41, 5.74) is 13.0. The van der Waals surface area contributed by atoms with E-state index >= 15 is 0 Å². The molecule has 8 N–H and O–H groups in total. The highest BCUT2D eigenvalue weighted by molar-refractivity contribution is 6.09. The second-order valence-corrected chi connectivity index (χ2v) is 20.1. The Balaban J connectivity index is 1.10. The van der Waals surface area contributed by atoms with Crippen molar-refractivity contribution >= 4 is 68.7 Å². The number of carbonyl (C=O) groups is 4. The smallest absolute Gasteiger partial charge is 0.255 e. The first-order valence-electron chi connectivity index (χ1n) is 27.4. The molecule has 0 fully saturated rings. The number of benzene rings is 8. The summed E-state index contributed by atoms with van der Waals surface area (Å²) in [5, 5.41) is 15.7. The molecule has 8 aromatic carbocycles. The van der Waals surface area contributed by atoms with Crippen LogP contribution in [0.25, 0.3) is 22.3 Å². The summed E-state index contributed by atoms with van der Waals surface area (Å²) >= 11 is 0. The van der Waals surface area contributed by atoms with Crippen LogP contribution in [0.2, 0.25) is 0 Å². The third-order valence-corrected chi connectivity index (χ3v) is 14.8. The highest BCUT2D eigenvalue weighted by Gasteiger charge is 2.24. The van der Waals surface area contributed by atoms with E-state index in [-0.39, 0.29) is 23.6 Å². The van der Waals surface area contributed by atoms with Crippen molar-refractivity contribution in [2.45, 2.75) is 0 Å². The van der Waals surface area contributed by atoms with Crippen LogP contribution in [0.3, 0.4) is 0 Å². The van der Waals surface area contributed by atoms with Crippen molar-refractivity contribution in [1.29, 1.82) is 0 Å². The summed E-state index contributed by atoms with van der Waals surface area (Å²) < 4.78 is 0. The van der Waals surface area contributed by atoms with Gasteiger partial charge in [0.2, 0.25) is 0 Å². The molecule has 0 aliphatic carbocycles. The molecule has 0 radical (unpaired) electrons. The molecule has 8 bridgehead atoms. The summed E-state index contributed by atoms with van der Waals surface area (Å²) in [6.45, 7) is 0. The molecule has 0 saturated carbocycles. The fraction of sp³-hybridized carbons (Fsp3) is 0. The van der Waals surface area contributed by atoms with Gasteiger partial charge in [-0.15, -0.1) is 0 Å². The number of rotatable bonds is 12. The monoisotopic (exact) mass is 1090 g/mol. The van der Waals surface area contributed by atoms with Crippen molar-refractivity contribution in [1.82, 2.24) is 19.9 Å². The van der Waals surface area contributed by atoms with Gasteiger partial charge in [0.1, 0.15) is 0 Å². The van der Waals surface area contributed by atoms with E-state index in [0.717, 1.165) is 44.5 Å². The Labute approximate surface area is 482 Å². The fourth-order valence-electron chi connectivity index (χ4n) is 10.9. The van der Waals surface area contributed by atoms with Gasteiger partial charge in [0.05, 0.1) is 0 Å². The molecule has 404 valence electrons. The predicted molar refractivity (Wildman–Crippen MR) is 331 cm³/mol. The van der Waals surface area contributed by atoms with Gasteiger partial charge in [0.15, 0.2) is 0 Å². The second kappa shape index (κ2) is 22.8. The van der Waals surface area contributed by atoms with E-state index in [1.807, 2.05) is 218 Å². The molecule has 1 aliphatic rings. The van der Waals surface area contributed by atoms with Gasteiger partial charge >= 0.3 is 0 Å². The molecule has 4 amide bonds. The average molecular weight is 1090 g/mol. The highest BCUT2D eigenvalue weighted by atomic mass is 16.2. The normalized spacial score (nSPS) is 11.9. The second-order valence-electron chi connectivity index (χ2n) is 20.1. The van der Waals surface area contributed by atoms with Gasteiger partial charge in [-0.25, -0.2) is 0 Å². The zero-order valence-corrected chi connectivity index (χ0v) is 45.0. The topological polar surface area (TPSA) is 180 Å². The Morgan fingerprint density at radius 2 is 0.417 bits per heavy atom. The number of nitrogens with one attached hydrogen (secondary N) is 8. The van der Waals surface area contributed by atoms with Crippen LogP contribution in [-0.2, 0) is 0 Å². The fourth-order valence-corrected chi connectivity index (χ4v) is 10.9. The van der Waals surface area contributed by atoms with Gasteiger partial charge in [-0.3, -0.25) is 19.2 Å². The van der Waals surface area contributed by atoms with Crippen molar-refractivity contribution in [3.05, 3.63) is 356 Å². The van der Waals surface area contributed by atoms with Crippen molar-refractivity contribution in [3.8, 4) is 0 Å². The summed E-state index contributed by atoms with van der Waals surface area (Å²) in [7, 11) is 0. The minimum Gasteiger partial charge on any atom is -0.354 e. The first-order chi connectivity index (χ1) is 41.3. The SMILES string of the molecule is O=C(Nc1ccccc1C1=c2ccc([nH]2)=C(c2ccccc2NC(=O)c2ccccc2)c2ccc([nH]2)C(c2ccccc2NC(=O)c2ccccc2)=c2ccc([nH]2)=C(c2ccccc2NC(=O)c2ccccc2)c2ccc1[nH]2)c1ccccc1. The molecular formula is C72H52N8O4. The molecule has 12 aromatic rings. The summed E-state index contributed by atoms with van der Waals surface area (Å²) in [5.74, 6) is -1.08. The minimum atomic E-state index is -0.270. The van der Waals surface area contributed by atoms with Gasteiger partial charge in [-0.05, 0) is 121 Å². The van der Waals surface area contributed by atoms with Crippen LogP contribution in [0.15, 0.2) is 267 Å². The number of amides is 4. The van der Waals surface area contributed by atoms with Crippen LogP contribution in [0, 0.1) is 0 Å². The molecule has 0 spiro atoms. The number of aromatic nitrogens is 4. The number of para-hydroxylation sites is 4. The maximum absolute atomic E-state index is 14.1. The molecule has 0 atom stereocenters. The summed E-state index contributed by atoms with van der Waals surface area (Å²) in [6.07, 6.45) is 0. The molecule has 0 unspecified atom stereocenters. The number of hydrogen-bond acceptors (Lipinski definition) is 4. The first kappa shape index (κ1) is 51.7. The van der Waals surface area contributed by atoms with Crippen molar-refractivity contribution < 1.29 is 19.2 Å². The van der Waals surface area contributed by atoms with E-state index in [1.54, 1.807) is 48.5 Å². The van der Waals surface area contributed by atoms with E-state index in [4.69, 9.17) is 0 Å². The van der Waals surface area contributed by atoms with E-state index in [1.165, 1.54) is 0 Å². The number of anilines is 4. The van der Waals surface area contributed by atoms with Crippen LogP contribution < -0.4 is 42.7 Å². The number of carbonyl (C=O) groups excluding carboxylic acids is 4. The Bertz CT molecular complexity index is 4150. The third-order valence-electron chi connectivity index (χ3n) is 14.8. The van der Waals surface area contributed by atoms with Gasteiger partial charge in [0.25, 0.3) is 23.6 Å². The highest BCUT2D eigenvalue weighted by Crippen LogP contribution is 2.35.